The number of carbonyl (C=O) groups is 2. The maximum absolute atomic E-state index is 13.1. The molecule has 0 heterocycles. The van der Waals surface area contributed by atoms with Gasteiger partial charge in [0.1, 0.15) is 6.10 Å². The van der Waals surface area contributed by atoms with Gasteiger partial charge in [0, 0.05) is 6.42 Å². The van der Waals surface area contributed by atoms with E-state index in [1.807, 2.05) is 0 Å². The Labute approximate surface area is 322 Å². The van der Waals surface area contributed by atoms with Gasteiger partial charge in [-0.05, 0) is 44.9 Å². The highest BCUT2D eigenvalue weighted by atomic mass is 16.5. The number of aliphatic hydroxyl groups excluding tert-OH is 2. The molecule has 1 amide bonds. The quantitative estimate of drug-likeness (QED) is 0.0332. The molecule has 0 bridgehead atoms. The van der Waals surface area contributed by atoms with Crippen LogP contribution in [0, 0.1) is 0 Å². The van der Waals surface area contributed by atoms with E-state index in [1.54, 1.807) is 0 Å². The van der Waals surface area contributed by atoms with Crippen molar-refractivity contribution in [2.45, 2.75) is 238 Å². The van der Waals surface area contributed by atoms with Crippen LogP contribution in [0.1, 0.15) is 220 Å². The van der Waals surface area contributed by atoms with E-state index in [4.69, 9.17) is 4.74 Å². The first-order chi connectivity index (χ1) is 25.5. The number of amides is 1. The molecule has 0 aliphatic heterocycles. The predicted molar refractivity (Wildman–Crippen MR) is 222 cm³/mol. The molecule has 304 valence electrons. The molecule has 3 N–H and O–H groups in total. The minimum absolute atomic E-state index is 0.0665. The molecule has 6 nitrogen and oxygen atoms in total. The third-order valence-corrected chi connectivity index (χ3v) is 10.0. The van der Waals surface area contributed by atoms with Crippen molar-refractivity contribution in [3.05, 3.63) is 36.5 Å². The second kappa shape index (κ2) is 40.3. The first kappa shape index (κ1) is 50.1. The number of hydrogen-bond donors (Lipinski definition) is 3. The molecule has 0 aliphatic rings. The van der Waals surface area contributed by atoms with Crippen molar-refractivity contribution in [1.82, 2.24) is 5.32 Å². The summed E-state index contributed by atoms with van der Waals surface area (Å²) >= 11 is 0. The van der Waals surface area contributed by atoms with E-state index in [2.05, 4.69) is 62.5 Å². The van der Waals surface area contributed by atoms with Crippen LogP contribution in [0.15, 0.2) is 36.5 Å². The van der Waals surface area contributed by atoms with Crippen LogP contribution in [-0.2, 0) is 14.3 Å². The molecule has 3 unspecified atom stereocenters. The zero-order valence-electron chi connectivity index (χ0n) is 34.4. The van der Waals surface area contributed by atoms with Gasteiger partial charge in [-0.3, -0.25) is 9.59 Å². The van der Waals surface area contributed by atoms with Crippen LogP contribution in [0.4, 0.5) is 0 Å². The number of unbranched alkanes of at least 4 members (excludes halogenated alkanes) is 23. The molecule has 0 saturated heterocycles. The number of ether oxygens (including phenoxy) is 1. The van der Waals surface area contributed by atoms with Crippen LogP contribution in [0.5, 0.6) is 0 Å². The SMILES string of the molecule is CC/C=C/C=C/C=C/CCCCCCCC(CC(=O)NC(CO)C(O)CCCCCCCCCCC)OC(=O)CCCCCCCCCCCCC. The summed E-state index contributed by atoms with van der Waals surface area (Å²) in [6, 6.07) is -0.702. The smallest absolute Gasteiger partial charge is 0.306 e. The molecule has 0 saturated carbocycles. The zero-order valence-corrected chi connectivity index (χ0v) is 34.4. The van der Waals surface area contributed by atoms with E-state index in [-0.39, 0.29) is 24.9 Å². The van der Waals surface area contributed by atoms with Gasteiger partial charge in [0.15, 0.2) is 0 Å². The van der Waals surface area contributed by atoms with Gasteiger partial charge in [-0.25, -0.2) is 0 Å². The molecule has 0 radical (unpaired) electrons. The van der Waals surface area contributed by atoms with E-state index in [0.29, 0.717) is 19.3 Å². The van der Waals surface area contributed by atoms with Gasteiger partial charge in [-0.1, -0.05) is 198 Å². The Bertz CT molecular complexity index is 869. The summed E-state index contributed by atoms with van der Waals surface area (Å²) in [6.45, 7) is 6.31. The lowest BCUT2D eigenvalue weighted by Crippen LogP contribution is -2.46. The Morgan fingerprint density at radius 1 is 0.577 bits per heavy atom. The highest BCUT2D eigenvalue weighted by molar-refractivity contribution is 5.77. The monoisotopic (exact) mass is 732 g/mol. The molecule has 6 heteroatoms. The molecule has 52 heavy (non-hydrogen) atoms. The third-order valence-electron chi connectivity index (χ3n) is 10.0. The van der Waals surface area contributed by atoms with Crippen LogP contribution in [0.3, 0.4) is 0 Å². The normalized spacial score (nSPS) is 13.7. The average molecular weight is 732 g/mol. The molecule has 0 fully saturated rings. The van der Waals surface area contributed by atoms with Crippen LogP contribution in [0.2, 0.25) is 0 Å². The number of hydrogen-bond acceptors (Lipinski definition) is 5. The average Bonchev–Trinajstić information content (AvgIpc) is 3.13. The summed E-state index contributed by atoms with van der Waals surface area (Å²) in [5, 5.41) is 23.5. The molecule has 0 aromatic carbocycles. The lowest BCUT2D eigenvalue weighted by atomic mass is 10.0. The topological polar surface area (TPSA) is 95.9 Å². The Kier molecular flexibility index (Phi) is 38.8. The lowest BCUT2D eigenvalue weighted by molar-refractivity contribution is -0.151. The van der Waals surface area contributed by atoms with E-state index in [1.165, 1.54) is 89.9 Å². The molecule has 0 aromatic rings. The summed E-state index contributed by atoms with van der Waals surface area (Å²) in [7, 11) is 0. The molecular weight excluding hydrogens is 647 g/mol. The maximum atomic E-state index is 13.1. The van der Waals surface area contributed by atoms with Crippen LogP contribution < -0.4 is 5.32 Å². The van der Waals surface area contributed by atoms with E-state index in [0.717, 1.165) is 83.5 Å². The Balaban J connectivity index is 4.64. The summed E-state index contributed by atoms with van der Waals surface area (Å²) in [4.78, 5) is 25.9. The van der Waals surface area contributed by atoms with Gasteiger partial charge in [0.25, 0.3) is 0 Å². The minimum atomic E-state index is -0.788. The molecule has 0 aliphatic carbocycles. The summed E-state index contributed by atoms with van der Waals surface area (Å²) in [6.07, 6.45) is 44.9. The van der Waals surface area contributed by atoms with Crippen LogP contribution in [-0.4, -0.2) is 46.9 Å². The molecular formula is C46H85NO5. The molecule has 0 spiro atoms. The maximum Gasteiger partial charge on any atom is 0.306 e. The standard InChI is InChI=1S/C46H85NO5/c1-4-7-10-13-16-19-21-22-24-26-28-31-34-37-42(52-46(51)39-36-33-30-27-23-20-17-14-11-8-5-2)40-45(50)47-43(41-48)44(49)38-35-32-29-25-18-15-12-9-6-3/h7,10,13,16,19,21,42-44,48-49H,4-6,8-9,11-12,14-15,17-18,20,22-41H2,1-3H3,(H,47,50)/b10-7+,16-13+,21-19+. The first-order valence-corrected chi connectivity index (χ1v) is 22.2. The van der Waals surface area contributed by atoms with Gasteiger partial charge >= 0.3 is 5.97 Å². The van der Waals surface area contributed by atoms with Crippen LogP contribution in [0.25, 0.3) is 0 Å². The van der Waals surface area contributed by atoms with Gasteiger partial charge in [0.05, 0.1) is 25.2 Å². The fourth-order valence-electron chi connectivity index (χ4n) is 6.66. The molecule has 0 rings (SSSR count). The summed E-state index contributed by atoms with van der Waals surface area (Å²) in [5.74, 6) is -0.493. The molecule has 0 aromatic heterocycles. The van der Waals surface area contributed by atoms with Gasteiger partial charge in [0.2, 0.25) is 5.91 Å². The van der Waals surface area contributed by atoms with Crippen molar-refractivity contribution < 1.29 is 24.5 Å². The second-order valence-corrected chi connectivity index (χ2v) is 15.1. The number of esters is 1. The van der Waals surface area contributed by atoms with E-state index < -0.39 is 18.2 Å². The number of nitrogens with one attached hydrogen (secondary N) is 1. The highest BCUT2D eigenvalue weighted by Gasteiger charge is 2.24. The van der Waals surface area contributed by atoms with Gasteiger partial charge in [-0.15, -0.1) is 0 Å². The highest BCUT2D eigenvalue weighted by Crippen LogP contribution is 2.17. The van der Waals surface area contributed by atoms with Crippen molar-refractivity contribution in [2.75, 3.05) is 6.61 Å². The van der Waals surface area contributed by atoms with Crippen molar-refractivity contribution in [2.24, 2.45) is 0 Å². The second-order valence-electron chi connectivity index (χ2n) is 15.1. The number of carbonyl (C=O) groups excluding carboxylic acids is 2. The fourth-order valence-corrected chi connectivity index (χ4v) is 6.66. The number of aliphatic hydroxyl groups is 2. The third kappa shape index (κ3) is 35.1. The zero-order chi connectivity index (χ0) is 38.2. The predicted octanol–water partition coefficient (Wildman–Crippen LogP) is 12.6. The van der Waals surface area contributed by atoms with E-state index in [9.17, 15) is 19.8 Å². The largest absolute Gasteiger partial charge is 0.462 e. The van der Waals surface area contributed by atoms with Gasteiger partial charge < -0.3 is 20.3 Å². The van der Waals surface area contributed by atoms with Crippen molar-refractivity contribution >= 4 is 11.9 Å². The van der Waals surface area contributed by atoms with Gasteiger partial charge in [-0.2, -0.15) is 0 Å². The first-order valence-electron chi connectivity index (χ1n) is 22.2. The minimum Gasteiger partial charge on any atom is -0.462 e. The number of allylic oxidation sites excluding steroid dienone is 6. The van der Waals surface area contributed by atoms with Crippen molar-refractivity contribution in [1.29, 1.82) is 0 Å². The Morgan fingerprint density at radius 3 is 1.56 bits per heavy atom. The van der Waals surface area contributed by atoms with Crippen LogP contribution >= 0.6 is 0 Å². The molecule has 3 atom stereocenters. The van der Waals surface area contributed by atoms with Crippen molar-refractivity contribution in [3.8, 4) is 0 Å². The summed E-state index contributed by atoms with van der Waals surface area (Å²) in [5.41, 5.74) is 0. The number of rotatable bonds is 39. The Morgan fingerprint density at radius 2 is 1.04 bits per heavy atom. The van der Waals surface area contributed by atoms with Crippen molar-refractivity contribution in [3.63, 3.8) is 0 Å². The Hall–Kier alpha value is -1.92. The fraction of sp³-hybridized carbons (Fsp3) is 0.826. The summed E-state index contributed by atoms with van der Waals surface area (Å²) < 4.78 is 5.88. The van der Waals surface area contributed by atoms with E-state index >= 15 is 0 Å². The lowest BCUT2D eigenvalue weighted by Gasteiger charge is -2.24.